The van der Waals surface area contributed by atoms with Crippen LogP contribution in [0.1, 0.15) is 56.0 Å². The number of halogens is 1. The van der Waals surface area contributed by atoms with Crippen molar-refractivity contribution in [2.45, 2.75) is 51.9 Å². The van der Waals surface area contributed by atoms with Gasteiger partial charge in [-0.25, -0.2) is 4.39 Å². The van der Waals surface area contributed by atoms with Crippen molar-refractivity contribution in [2.75, 3.05) is 6.54 Å². The third-order valence-electron chi connectivity index (χ3n) is 4.82. The lowest BCUT2D eigenvalue weighted by Crippen LogP contribution is -2.42. The fourth-order valence-corrected chi connectivity index (χ4v) is 3.62. The van der Waals surface area contributed by atoms with Crippen LogP contribution in [0.2, 0.25) is 0 Å². The first-order valence-corrected chi connectivity index (χ1v) is 9.26. The number of aliphatic carboxylic acids is 1. The predicted octanol–water partition coefficient (Wildman–Crippen LogP) is 2.04. The largest absolute Gasteiger partial charge is 0.481 e. The molecule has 0 spiro atoms. The van der Waals surface area contributed by atoms with Gasteiger partial charge in [-0.05, 0) is 44.0 Å². The summed E-state index contributed by atoms with van der Waals surface area (Å²) in [5, 5.41) is 19.5. The second kappa shape index (κ2) is 8.47. The molecule has 1 saturated heterocycles. The summed E-state index contributed by atoms with van der Waals surface area (Å²) in [4.78, 5) is 23.5. The van der Waals surface area contributed by atoms with E-state index >= 15 is 0 Å². The van der Waals surface area contributed by atoms with Crippen molar-refractivity contribution in [1.82, 2.24) is 25.0 Å². The summed E-state index contributed by atoms with van der Waals surface area (Å²) in [6.07, 6.45) is 2.13. The van der Waals surface area contributed by atoms with Crippen molar-refractivity contribution in [2.24, 2.45) is 0 Å². The molecule has 0 aliphatic carbocycles. The molecule has 28 heavy (non-hydrogen) atoms. The van der Waals surface area contributed by atoms with E-state index < -0.39 is 5.97 Å². The molecule has 0 unspecified atom stereocenters. The zero-order valence-electron chi connectivity index (χ0n) is 15.9. The van der Waals surface area contributed by atoms with Crippen molar-refractivity contribution in [3.8, 4) is 0 Å². The Bertz CT molecular complexity index is 859. The minimum atomic E-state index is -0.833. The van der Waals surface area contributed by atoms with E-state index in [1.165, 1.54) is 12.1 Å². The molecule has 1 fully saturated rings. The Hall–Kier alpha value is -2.81. The Kier molecular flexibility index (Phi) is 6.03. The summed E-state index contributed by atoms with van der Waals surface area (Å²) in [6.45, 7) is 4.72. The molecule has 9 heteroatoms. The number of nitrogens with one attached hydrogen (secondary N) is 1. The van der Waals surface area contributed by atoms with Crippen molar-refractivity contribution in [1.29, 1.82) is 0 Å². The Labute approximate surface area is 162 Å². The average molecular weight is 389 g/mol. The van der Waals surface area contributed by atoms with Crippen LogP contribution >= 0.6 is 0 Å². The lowest BCUT2D eigenvalue weighted by atomic mass is 10.1. The highest BCUT2D eigenvalue weighted by atomic mass is 19.1. The predicted molar refractivity (Wildman–Crippen MR) is 98.7 cm³/mol. The number of rotatable bonds is 3. The number of carboxylic acids is 1. The summed E-state index contributed by atoms with van der Waals surface area (Å²) in [5.41, 5.74) is 0.779. The Morgan fingerprint density at radius 2 is 2.14 bits per heavy atom. The van der Waals surface area contributed by atoms with Crippen molar-refractivity contribution in [3.63, 3.8) is 0 Å². The molecule has 0 bridgehead atoms. The molecular weight excluding hydrogens is 365 g/mol. The highest BCUT2D eigenvalue weighted by molar-refractivity contribution is 5.81. The maximum atomic E-state index is 13.4. The molecule has 4 rings (SSSR count). The van der Waals surface area contributed by atoms with Crippen LogP contribution in [0.3, 0.4) is 0 Å². The average Bonchev–Trinajstić information content (AvgIpc) is 3.28. The molecule has 150 valence electrons. The first-order chi connectivity index (χ1) is 13.4. The first-order valence-electron chi connectivity index (χ1n) is 9.26. The van der Waals surface area contributed by atoms with Gasteiger partial charge in [0, 0.05) is 13.5 Å². The smallest absolute Gasteiger partial charge is 0.300 e. The van der Waals surface area contributed by atoms with Crippen molar-refractivity contribution < 1.29 is 19.1 Å². The lowest BCUT2D eigenvalue weighted by molar-refractivity contribution is -0.138. The molecule has 2 aliphatic rings. The fourth-order valence-electron chi connectivity index (χ4n) is 3.62. The number of fused-ring (bicyclic) bond motifs is 1. The van der Waals surface area contributed by atoms with Crippen LogP contribution in [0.4, 0.5) is 4.39 Å². The van der Waals surface area contributed by atoms with Crippen molar-refractivity contribution >= 4 is 11.9 Å². The number of amides is 1. The minimum absolute atomic E-state index is 0.0193. The summed E-state index contributed by atoms with van der Waals surface area (Å²) in [5.74, 6) is 0.546. The molecule has 1 amide bonds. The van der Waals surface area contributed by atoms with E-state index in [0.717, 1.165) is 43.5 Å². The normalized spacial score (nSPS) is 21.1. The maximum Gasteiger partial charge on any atom is 0.300 e. The second-order valence-corrected chi connectivity index (χ2v) is 7.01. The van der Waals surface area contributed by atoms with Gasteiger partial charge in [-0.1, -0.05) is 12.1 Å². The zero-order chi connectivity index (χ0) is 20.3. The van der Waals surface area contributed by atoms with Gasteiger partial charge in [-0.3, -0.25) is 14.2 Å². The summed E-state index contributed by atoms with van der Waals surface area (Å²) < 4.78 is 15.3. The van der Waals surface area contributed by atoms with Crippen LogP contribution in [-0.2, 0) is 22.7 Å². The van der Waals surface area contributed by atoms with Gasteiger partial charge in [-0.2, -0.15) is 0 Å². The number of aromatic nitrogens is 3. The topological polar surface area (TPSA) is 100 Å². The Morgan fingerprint density at radius 1 is 1.39 bits per heavy atom. The third kappa shape index (κ3) is 4.36. The highest BCUT2D eigenvalue weighted by Gasteiger charge is 2.35. The minimum Gasteiger partial charge on any atom is -0.481 e. The fraction of sp³-hybridized carbons (Fsp3) is 0.474. The quantitative estimate of drug-likeness (QED) is 0.833. The Morgan fingerprint density at radius 3 is 2.79 bits per heavy atom. The number of nitrogens with zero attached hydrogens (tertiary/aromatic N) is 4. The van der Waals surface area contributed by atoms with Crippen LogP contribution in [-0.4, -0.2) is 43.2 Å². The summed E-state index contributed by atoms with van der Waals surface area (Å²) in [6, 6.07) is 6.20. The highest BCUT2D eigenvalue weighted by Crippen LogP contribution is 2.29. The van der Waals surface area contributed by atoms with E-state index in [-0.39, 0.29) is 23.8 Å². The summed E-state index contributed by atoms with van der Waals surface area (Å²) >= 11 is 0. The molecular formula is C19H24FN5O3. The Balaban J connectivity index is 0.000000516. The number of carboxylic acid groups (broad SMARTS) is 1. The van der Waals surface area contributed by atoms with Crippen LogP contribution in [0.5, 0.6) is 0 Å². The van der Waals surface area contributed by atoms with Crippen LogP contribution in [0.15, 0.2) is 24.3 Å². The van der Waals surface area contributed by atoms with Gasteiger partial charge in [-0.15, -0.1) is 10.2 Å². The number of benzene rings is 1. The van der Waals surface area contributed by atoms with Crippen LogP contribution < -0.4 is 5.32 Å². The van der Waals surface area contributed by atoms with Gasteiger partial charge in [0.05, 0.1) is 12.6 Å². The van der Waals surface area contributed by atoms with Gasteiger partial charge < -0.3 is 15.3 Å². The van der Waals surface area contributed by atoms with E-state index in [0.29, 0.717) is 13.1 Å². The van der Waals surface area contributed by atoms with Crippen LogP contribution in [0.25, 0.3) is 0 Å². The summed E-state index contributed by atoms with van der Waals surface area (Å²) in [7, 11) is 0. The van der Waals surface area contributed by atoms with E-state index in [1.54, 1.807) is 11.0 Å². The van der Waals surface area contributed by atoms with Gasteiger partial charge in [0.1, 0.15) is 11.9 Å². The second-order valence-electron chi connectivity index (χ2n) is 7.01. The van der Waals surface area contributed by atoms with Crippen molar-refractivity contribution in [3.05, 3.63) is 47.3 Å². The molecule has 8 nitrogen and oxygen atoms in total. The lowest BCUT2D eigenvalue weighted by Gasteiger charge is -2.32. The number of hydrogen-bond acceptors (Lipinski definition) is 5. The van der Waals surface area contributed by atoms with Crippen LogP contribution in [0, 0.1) is 5.82 Å². The third-order valence-corrected chi connectivity index (χ3v) is 4.82. The van der Waals surface area contributed by atoms with Gasteiger partial charge in [0.2, 0.25) is 5.91 Å². The molecule has 2 N–H and O–H groups in total. The molecule has 1 aromatic heterocycles. The molecule has 0 radical (unpaired) electrons. The monoisotopic (exact) mass is 389 g/mol. The number of carbonyl (C=O) groups is 2. The molecule has 2 aliphatic heterocycles. The molecule has 2 atom stereocenters. The maximum absolute atomic E-state index is 13.4. The molecule has 1 aromatic carbocycles. The zero-order valence-corrected chi connectivity index (χ0v) is 15.9. The van der Waals surface area contributed by atoms with Gasteiger partial charge in [0.25, 0.3) is 5.97 Å². The molecule has 2 aromatic rings. The number of carbonyl (C=O) groups excluding carboxylic acids is 1. The first kappa shape index (κ1) is 19.9. The number of hydrogen-bond donors (Lipinski definition) is 2. The van der Waals surface area contributed by atoms with E-state index in [2.05, 4.69) is 15.5 Å². The van der Waals surface area contributed by atoms with E-state index in [1.807, 2.05) is 17.6 Å². The van der Waals surface area contributed by atoms with E-state index in [4.69, 9.17) is 9.90 Å². The van der Waals surface area contributed by atoms with Gasteiger partial charge in [0.15, 0.2) is 11.6 Å². The van der Waals surface area contributed by atoms with Gasteiger partial charge >= 0.3 is 0 Å². The molecule has 3 heterocycles. The molecule has 0 saturated carbocycles. The van der Waals surface area contributed by atoms with E-state index in [9.17, 15) is 9.18 Å². The SMILES string of the molecule is CC(=O)O.C[C@H]1C(=O)N(Cc2cccc(F)c2)Cc2nnc([C@@H]3CCCN3)n21. The standard InChI is InChI=1S/C17H20FN5O.C2H4O2/c1-11-17(24)22(9-12-4-2-5-13(18)8-12)10-15-20-21-16(23(11)15)14-6-3-7-19-14;1-2(3)4/h2,4-5,8,11,14,19H,3,6-7,9-10H2,1H3;1H3,(H,3,4)/t11-,14-;/m0./s1.